The molecule has 0 aliphatic carbocycles. The predicted octanol–water partition coefficient (Wildman–Crippen LogP) is 2.02. The van der Waals surface area contributed by atoms with E-state index in [1.54, 1.807) is 0 Å². The average Bonchev–Trinajstić information content (AvgIpc) is 2.87. The minimum absolute atomic E-state index is 0. The Morgan fingerprint density at radius 2 is 1.67 bits per heavy atom. The third-order valence-corrected chi connectivity index (χ3v) is 3.57. The summed E-state index contributed by atoms with van der Waals surface area (Å²) in [6.45, 7) is 9.32. The molecule has 0 spiro atoms. The second kappa shape index (κ2) is 10.0. The average molecular weight is 320 g/mol. The van der Waals surface area contributed by atoms with E-state index >= 15 is 0 Å². The molecule has 0 aromatic heterocycles. The number of carbonyl (C=O) groups excluding carboxylic acids is 2. The fourth-order valence-electron chi connectivity index (χ4n) is 2.67. The fraction of sp³-hybridized carbons (Fsp3) is 0.867. The maximum atomic E-state index is 12.2. The molecule has 1 rings (SSSR count). The highest BCUT2D eigenvalue weighted by Crippen LogP contribution is 2.20. The van der Waals surface area contributed by atoms with Gasteiger partial charge in [0.05, 0.1) is 6.04 Å². The third kappa shape index (κ3) is 7.67. The van der Waals surface area contributed by atoms with Crippen LogP contribution in [0.1, 0.15) is 53.4 Å². The molecule has 0 unspecified atom stereocenters. The smallest absolute Gasteiger partial charge is 0.255 e. The summed E-state index contributed by atoms with van der Waals surface area (Å²) in [5, 5.41) is 3.11. The molecular formula is C15H30ClN3O2. The van der Waals surface area contributed by atoms with E-state index in [4.69, 9.17) is 0 Å². The first kappa shape index (κ1) is 20.2. The number of amides is 2. The van der Waals surface area contributed by atoms with Gasteiger partial charge in [-0.25, -0.2) is 0 Å². The SMILES string of the molecule is CC(C)CC(CC(C)C)C(=O)NNC(=O)[C@@H]1CCCN1.Cl. The lowest BCUT2D eigenvalue weighted by molar-refractivity contribution is -0.132. The Morgan fingerprint density at radius 3 is 2.10 bits per heavy atom. The van der Waals surface area contributed by atoms with Gasteiger partial charge in [-0.3, -0.25) is 20.4 Å². The summed E-state index contributed by atoms with van der Waals surface area (Å²) in [5.74, 6) is 0.697. The number of hydrogen-bond acceptors (Lipinski definition) is 3. The van der Waals surface area contributed by atoms with Crippen molar-refractivity contribution < 1.29 is 9.59 Å². The highest BCUT2D eigenvalue weighted by atomic mass is 35.5. The van der Waals surface area contributed by atoms with Crippen LogP contribution in [0.5, 0.6) is 0 Å². The summed E-state index contributed by atoms with van der Waals surface area (Å²) in [7, 11) is 0. The van der Waals surface area contributed by atoms with Crippen LogP contribution in [-0.2, 0) is 9.59 Å². The molecule has 5 nitrogen and oxygen atoms in total. The van der Waals surface area contributed by atoms with Crippen molar-refractivity contribution in [3.63, 3.8) is 0 Å². The molecule has 21 heavy (non-hydrogen) atoms. The van der Waals surface area contributed by atoms with Gasteiger partial charge in [0.1, 0.15) is 0 Å². The van der Waals surface area contributed by atoms with Crippen molar-refractivity contribution in [1.29, 1.82) is 0 Å². The van der Waals surface area contributed by atoms with Crippen molar-refractivity contribution in [3.8, 4) is 0 Å². The van der Waals surface area contributed by atoms with Gasteiger partial charge in [-0.05, 0) is 44.1 Å². The van der Waals surface area contributed by atoms with Crippen LogP contribution in [0.4, 0.5) is 0 Å². The van der Waals surface area contributed by atoms with Gasteiger partial charge in [-0.1, -0.05) is 27.7 Å². The number of nitrogens with one attached hydrogen (secondary N) is 3. The molecular weight excluding hydrogens is 290 g/mol. The molecule has 0 aromatic carbocycles. The van der Waals surface area contributed by atoms with Crippen LogP contribution >= 0.6 is 12.4 Å². The fourth-order valence-corrected chi connectivity index (χ4v) is 2.67. The Morgan fingerprint density at radius 1 is 1.10 bits per heavy atom. The molecule has 124 valence electrons. The van der Waals surface area contributed by atoms with E-state index in [0.717, 1.165) is 32.2 Å². The largest absolute Gasteiger partial charge is 0.306 e. The van der Waals surface area contributed by atoms with Crippen LogP contribution in [-0.4, -0.2) is 24.4 Å². The number of rotatable bonds is 6. The Kier molecular flexibility index (Phi) is 9.62. The maximum absolute atomic E-state index is 12.2. The molecule has 1 heterocycles. The van der Waals surface area contributed by atoms with Crippen LogP contribution in [0.3, 0.4) is 0 Å². The van der Waals surface area contributed by atoms with E-state index in [1.165, 1.54) is 0 Å². The number of carbonyl (C=O) groups is 2. The Hall–Kier alpha value is -0.810. The topological polar surface area (TPSA) is 70.2 Å². The van der Waals surface area contributed by atoms with Crippen LogP contribution in [0.25, 0.3) is 0 Å². The van der Waals surface area contributed by atoms with Gasteiger partial charge in [-0.15, -0.1) is 12.4 Å². The van der Waals surface area contributed by atoms with Gasteiger partial charge in [0.2, 0.25) is 5.91 Å². The lowest BCUT2D eigenvalue weighted by Crippen LogP contribution is -2.50. The third-order valence-electron chi connectivity index (χ3n) is 3.57. The van der Waals surface area contributed by atoms with Crippen molar-refractivity contribution in [3.05, 3.63) is 0 Å². The zero-order valence-corrected chi connectivity index (χ0v) is 14.4. The maximum Gasteiger partial charge on any atom is 0.255 e. The van der Waals surface area contributed by atoms with E-state index in [1.807, 2.05) is 0 Å². The van der Waals surface area contributed by atoms with Crippen LogP contribution in [0.2, 0.25) is 0 Å². The Balaban J connectivity index is 0.00000400. The Bertz CT molecular complexity index is 319. The van der Waals surface area contributed by atoms with Gasteiger partial charge in [-0.2, -0.15) is 0 Å². The minimum atomic E-state index is -0.163. The summed E-state index contributed by atoms with van der Waals surface area (Å²) >= 11 is 0. The molecule has 1 fully saturated rings. The summed E-state index contributed by atoms with van der Waals surface area (Å²) in [4.78, 5) is 24.0. The summed E-state index contributed by atoms with van der Waals surface area (Å²) in [6, 6.07) is -0.163. The molecule has 0 radical (unpaired) electrons. The minimum Gasteiger partial charge on any atom is -0.306 e. The highest BCUT2D eigenvalue weighted by Gasteiger charge is 2.24. The van der Waals surface area contributed by atoms with Crippen LogP contribution < -0.4 is 16.2 Å². The Labute approximate surface area is 134 Å². The number of hydrogen-bond donors (Lipinski definition) is 3. The second-order valence-electron chi connectivity index (χ2n) is 6.58. The molecule has 1 aliphatic rings. The van der Waals surface area contributed by atoms with Gasteiger partial charge < -0.3 is 5.32 Å². The molecule has 3 N–H and O–H groups in total. The lowest BCUT2D eigenvalue weighted by Gasteiger charge is -2.21. The predicted molar refractivity (Wildman–Crippen MR) is 87.0 cm³/mol. The number of halogens is 1. The van der Waals surface area contributed by atoms with E-state index in [9.17, 15) is 9.59 Å². The number of hydrazine groups is 1. The van der Waals surface area contributed by atoms with Crippen LogP contribution in [0.15, 0.2) is 0 Å². The first-order chi connectivity index (χ1) is 9.40. The second-order valence-corrected chi connectivity index (χ2v) is 6.58. The molecule has 1 aliphatic heterocycles. The molecule has 0 bridgehead atoms. The molecule has 6 heteroatoms. The van der Waals surface area contributed by atoms with Crippen molar-refractivity contribution in [2.75, 3.05) is 6.54 Å². The monoisotopic (exact) mass is 319 g/mol. The summed E-state index contributed by atoms with van der Waals surface area (Å²) < 4.78 is 0. The van der Waals surface area contributed by atoms with E-state index < -0.39 is 0 Å². The van der Waals surface area contributed by atoms with Crippen molar-refractivity contribution in [2.24, 2.45) is 17.8 Å². The molecule has 0 aromatic rings. The van der Waals surface area contributed by atoms with E-state index in [2.05, 4.69) is 43.9 Å². The normalized spacial score (nSPS) is 18.0. The standard InChI is InChI=1S/C15H29N3O2.ClH/c1-10(2)8-12(9-11(3)4)14(19)17-18-15(20)13-6-5-7-16-13;/h10-13,16H,5-9H2,1-4H3,(H,17,19)(H,18,20);1H/t13-;/m0./s1. The summed E-state index contributed by atoms with van der Waals surface area (Å²) in [6.07, 6.45) is 3.54. The molecule has 0 saturated carbocycles. The summed E-state index contributed by atoms with van der Waals surface area (Å²) in [5.41, 5.74) is 5.14. The van der Waals surface area contributed by atoms with Crippen molar-refractivity contribution in [2.45, 2.75) is 59.4 Å². The van der Waals surface area contributed by atoms with Crippen molar-refractivity contribution in [1.82, 2.24) is 16.2 Å². The zero-order chi connectivity index (χ0) is 15.1. The molecule has 2 amide bonds. The zero-order valence-electron chi connectivity index (χ0n) is 13.6. The first-order valence-electron chi connectivity index (χ1n) is 7.73. The van der Waals surface area contributed by atoms with Gasteiger partial charge >= 0.3 is 0 Å². The lowest BCUT2D eigenvalue weighted by atomic mass is 9.89. The van der Waals surface area contributed by atoms with E-state index in [-0.39, 0.29) is 36.2 Å². The quantitative estimate of drug-likeness (QED) is 0.656. The van der Waals surface area contributed by atoms with E-state index in [0.29, 0.717) is 11.8 Å². The van der Waals surface area contributed by atoms with Gasteiger partial charge in [0, 0.05) is 5.92 Å². The first-order valence-corrected chi connectivity index (χ1v) is 7.73. The highest BCUT2D eigenvalue weighted by molar-refractivity contribution is 5.86. The molecule has 1 atom stereocenters. The van der Waals surface area contributed by atoms with Gasteiger partial charge in [0.25, 0.3) is 5.91 Å². The van der Waals surface area contributed by atoms with Gasteiger partial charge in [0.15, 0.2) is 0 Å². The van der Waals surface area contributed by atoms with Crippen molar-refractivity contribution >= 4 is 24.2 Å². The van der Waals surface area contributed by atoms with Crippen LogP contribution in [0, 0.1) is 17.8 Å². The molecule has 1 saturated heterocycles.